The van der Waals surface area contributed by atoms with Crippen molar-refractivity contribution in [2.75, 3.05) is 26.6 Å². The van der Waals surface area contributed by atoms with E-state index in [0.29, 0.717) is 29.2 Å². The van der Waals surface area contributed by atoms with Crippen molar-refractivity contribution in [1.29, 1.82) is 0 Å². The maximum Gasteiger partial charge on any atom is 0.340 e. The fourth-order valence-electron chi connectivity index (χ4n) is 2.39. The zero-order valence-corrected chi connectivity index (χ0v) is 14.7. The summed E-state index contributed by atoms with van der Waals surface area (Å²) in [6.07, 6.45) is 0.357. The summed E-state index contributed by atoms with van der Waals surface area (Å²) in [6, 6.07) is 6.40. The second-order valence-electron chi connectivity index (χ2n) is 5.02. The van der Waals surface area contributed by atoms with Gasteiger partial charge in [0.1, 0.15) is 0 Å². The van der Waals surface area contributed by atoms with Crippen molar-refractivity contribution in [3.05, 3.63) is 51.3 Å². The Kier molecular flexibility index (Phi) is 6.04. The number of carbonyl (C=O) groups excluding carboxylic acids is 1. The summed E-state index contributed by atoms with van der Waals surface area (Å²) >= 11 is 12.3. The van der Waals surface area contributed by atoms with Gasteiger partial charge in [0.05, 0.1) is 35.0 Å². The van der Waals surface area contributed by atoms with Crippen LogP contribution in [0.25, 0.3) is 11.1 Å². The molecule has 0 atom stereocenters. The molecule has 4 nitrogen and oxygen atoms in total. The molecule has 0 aliphatic heterocycles. The van der Waals surface area contributed by atoms with Crippen molar-refractivity contribution in [3.8, 4) is 11.1 Å². The fourth-order valence-corrected chi connectivity index (χ4v) is 2.79. The highest BCUT2D eigenvalue weighted by Gasteiger charge is 2.23. The van der Waals surface area contributed by atoms with Crippen LogP contribution in [0.15, 0.2) is 24.3 Å². The van der Waals surface area contributed by atoms with Crippen molar-refractivity contribution in [3.63, 3.8) is 0 Å². The van der Waals surface area contributed by atoms with Gasteiger partial charge in [-0.1, -0.05) is 35.3 Å². The molecule has 0 aliphatic rings. The summed E-state index contributed by atoms with van der Waals surface area (Å²) in [5.74, 6) is -1.46. The lowest BCUT2D eigenvalue weighted by molar-refractivity contribution is 0.0601. The van der Waals surface area contributed by atoms with Crippen LogP contribution in [0.4, 0.5) is 10.1 Å². The van der Waals surface area contributed by atoms with Crippen molar-refractivity contribution in [1.82, 2.24) is 0 Å². The van der Waals surface area contributed by atoms with Crippen LogP contribution in [0.5, 0.6) is 0 Å². The smallest absolute Gasteiger partial charge is 0.340 e. The van der Waals surface area contributed by atoms with Crippen LogP contribution in [-0.2, 0) is 15.9 Å². The molecule has 2 aromatic rings. The number of methoxy groups -OCH3 is 2. The molecule has 0 fully saturated rings. The summed E-state index contributed by atoms with van der Waals surface area (Å²) in [7, 11) is 2.73. The first kappa shape index (κ1) is 18.5. The lowest BCUT2D eigenvalue weighted by Gasteiger charge is -2.17. The third-order valence-corrected chi connectivity index (χ3v) is 4.41. The molecule has 0 spiro atoms. The van der Waals surface area contributed by atoms with Crippen LogP contribution in [0.1, 0.15) is 15.9 Å². The monoisotopic (exact) mass is 371 g/mol. The third kappa shape index (κ3) is 3.48. The molecule has 0 aliphatic carbocycles. The SMILES string of the molecule is COCCc1cc(C(=O)OC)c(N)c(F)c1-c1cccc(Cl)c1Cl. The Bertz CT molecular complexity index is 781. The van der Waals surface area contributed by atoms with Gasteiger partial charge in [-0.25, -0.2) is 9.18 Å². The van der Waals surface area contributed by atoms with Crippen molar-refractivity contribution in [2.24, 2.45) is 0 Å². The number of rotatable bonds is 5. The Balaban J connectivity index is 2.75. The summed E-state index contributed by atoms with van der Waals surface area (Å²) < 4.78 is 24.7. The molecule has 0 amide bonds. The van der Waals surface area contributed by atoms with Crippen molar-refractivity contribution < 1.29 is 18.7 Å². The average Bonchev–Trinajstić information content (AvgIpc) is 2.58. The van der Waals surface area contributed by atoms with Gasteiger partial charge in [0, 0.05) is 18.2 Å². The molecule has 7 heteroatoms. The van der Waals surface area contributed by atoms with Crippen molar-refractivity contribution in [2.45, 2.75) is 6.42 Å². The van der Waals surface area contributed by atoms with E-state index in [4.69, 9.17) is 33.7 Å². The number of ether oxygens (including phenoxy) is 2. The van der Waals surface area contributed by atoms with E-state index >= 15 is 0 Å². The maximum atomic E-state index is 15.0. The first-order valence-electron chi connectivity index (χ1n) is 7.04. The van der Waals surface area contributed by atoms with Gasteiger partial charge in [0.15, 0.2) is 5.82 Å². The topological polar surface area (TPSA) is 61.5 Å². The molecule has 2 aromatic carbocycles. The predicted molar refractivity (Wildman–Crippen MR) is 93.2 cm³/mol. The zero-order chi connectivity index (χ0) is 17.9. The van der Waals surface area contributed by atoms with E-state index in [2.05, 4.69) is 4.74 Å². The molecule has 2 N–H and O–H groups in total. The summed E-state index contributed by atoms with van der Waals surface area (Å²) in [6.45, 7) is 0.329. The molecular formula is C17H16Cl2FNO3. The van der Waals surface area contributed by atoms with E-state index in [1.807, 2.05) is 0 Å². The number of anilines is 1. The maximum absolute atomic E-state index is 15.0. The first-order chi connectivity index (χ1) is 11.4. The number of halogens is 3. The number of esters is 1. The Morgan fingerprint density at radius 3 is 2.62 bits per heavy atom. The number of benzene rings is 2. The van der Waals surface area contributed by atoms with E-state index in [-0.39, 0.29) is 21.8 Å². The van der Waals surface area contributed by atoms with Gasteiger partial charge in [0.2, 0.25) is 0 Å². The minimum atomic E-state index is -0.742. The van der Waals surface area contributed by atoms with E-state index in [1.54, 1.807) is 18.2 Å². The number of nitrogens with two attached hydrogens (primary N) is 1. The lowest BCUT2D eigenvalue weighted by atomic mass is 9.93. The van der Waals surface area contributed by atoms with Gasteiger partial charge < -0.3 is 15.2 Å². The van der Waals surface area contributed by atoms with Crippen LogP contribution in [-0.4, -0.2) is 26.8 Å². The Morgan fingerprint density at radius 2 is 2.00 bits per heavy atom. The molecule has 0 bridgehead atoms. The molecule has 0 saturated carbocycles. The molecule has 0 aromatic heterocycles. The minimum Gasteiger partial charge on any atom is -0.465 e. The highest BCUT2D eigenvalue weighted by atomic mass is 35.5. The molecule has 128 valence electrons. The van der Waals surface area contributed by atoms with E-state index < -0.39 is 11.8 Å². The highest BCUT2D eigenvalue weighted by molar-refractivity contribution is 6.43. The number of carbonyl (C=O) groups is 1. The van der Waals surface area contributed by atoms with E-state index in [1.165, 1.54) is 20.3 Å². The van der Waals surface area contributed by atoms with Gasteiger partial charge >= 0.3 is 5.97 Å². The molecular weight excluding hydrogens is 356 g/mol. The van der Waals surface area contributed by atoms with Gasteiger partial charge in [-0.3, -0.25) is 0 Å². The zero-order valence-electron chi connectivity index (χ0n) is 13.2. The van der Waals surface area contributed by atoms with Crippen LogP contribution < -0.4 is 5.73 Å². The van der Waals surface area contributed by atoms with Gasteiger partial charge in [-0.2, -0.15) is 0 Å². The van der Waals surface area contributed by atoms with Gasteiger partial charge in [-0.05, 0) is 24.1 Å². The second kappa shape index (κ2) is 7.83. The average molecular weight is 372 g/mol. The fraction of sp³-hybridized carbons (Fsp3) is 0.235. The van der Waals surface area contributed by atoms with E-state index in [9.17, 15) is 9.18 Å². The number of hydrogen-bond donors (Lipinski definition) is 1. The quantitative estimate of drug-likeness (QED) is 0.626. The molecule has 0 saturated heterocycles. The van der Waals surface area contributed by atoms with Gasteiger partial charge in [-0.15, -0.1) is 0 Å². The first-order valence-corrected chi connectivity index (χ1v) is 7.80. The van der Waals surface area contributed by atoms with Gasteiger partial charge in [0.25, 0.3) is 0 Å². The Hall–Kier alpha value is -1.82. The third-order valence-electron chi connectivity index (χ3n) is 3.59. The predicted octanol–water partition coefficient (Wildman–Crippen LogP) is 4.36. The summed E-state index contributed by atoms with van der Waals surface area (Å²) in [4.78, 5) is 11.8. The van der Waals surface area contributed by atoms with Crippen molar-refractivity contribution >= 4 is 34.9 Å². The summed E-state index contributed by atoms with van der Waals surface area (Å²) in [5, 5.41) is 0.504. The second-order valence-corrected chi connectivity index (χ2v) is 5.81. The number of nitrogen functional groups attached to an aromatic ring is 1. The molecule has 0 heterocycles. The van der Waals surface area contributed by atoms with Crippen LogP contribution in [0.3, 0.4) is 0 Å². The Morgan fingerprint density at radius 1 is 1.29 bits per heavy atom. The molecule has 0 radical (unpaired) electrons. The molecule has 2 rings (SSSR count). The lowest BCUT2D eigenvalue weighted by Crippen LogP contribution is -2.11. The summed E-state index contributed by atoms with van der Waals surface area (Å²) in [5.41, 5.74) is 6.58. The Labute approximate surface area is 149 Å². The van der Waals surface area contributed by atoms with Crippen LogP contribution >= 0.6 is 23.2 Å². The molecule has 24 heavy (non-hydrogen) atoms. The van der Waals surface area contributed by atoms with Crippen LogP contribution in [0, 0.1) is 5.82 Å². The van der Waals surface area contributed by atoms with E-state index in [0.717, 1.165) is 0 Å². The normalized spacial score (nSPS) is 10.7. The van der Waals surface area contributed by atoms with Crippen LogP contribution in [0.2, 0.25) is 10.0 Å². The molecule has 0 unspecified atom stereocenters. The standard InChI is InChI=1S/C17H16Cl2FNO3/c1-23-7-6-9-8-11(17(22)24-2)16(21)15(20)13(9)10-4-3-5-12(18)14(10)19/h3-5,8H,6-7,21H2,1-2H3. The largest absolute Gasteiger partial charge is 0.465 e. The minimum absolute atomic E-state index is 0.0389. The highest BCUT2D eigenvalue weighted by Crippen LogP contribution is 2.39. The number of hydrogen-bond acceptors (Lipinski definition) is 4.